The van der Waals surface area contributed by atoms with Crippen molar-refractivity contribution >= 4 is 5.91 Å². The fraction of sp³-hybridized carbons (Fsp3) is 0.700. The van der Waals surface area contributed by atoms with Gasteiger partial charge in [0.15, 0.2) is 5.69 Å². The molecule has 1 heterocycles. The van der Waals surface area contributed by atoms with Crippen molar-refractivity contribution in [2.24, 2.45) is 5.73 Å². The second-order valence-corrected chi connectivity index (χ2v) is 3.76. The number of aliphatic hydroxyl groups is 1. The molecule has 0 fully saturated rings. The maximum Gasteiger partial charge on any atom is 0.271 e. The van der Waals surface area contributed by atoms with Gasteiger partial charge in [0, 0.05) is 6.61 Å². The summed E-state index contributed by atoms with van der Waals surface area (Å²) in [5, 5.41) is 16.5. The molecule has 16 heavy (non-hydrogen) atoms. The Morgan fingerprint density at radius 3 is 2.81 bits per heavy atom. The minimum absolute atomic E-state index is 0.114. The first-order valence-corrected chi connectivity index (χ1v) is 5.46. The third kappa shape index (κ3) is 2.57. The van der Waals surface area contributed by atoms with Crippen LogP contribution in [0.5, 0.6) is 0 Å². The fourth-order valence-electron chi connectivity index (χ4n) is 1.70. The van der Waals surface area contributed by atoms with Crippen molar-refractivity contribution in [1.82, 2.24) is 15.0 Å². The lowest BCUT2D eigenvalue weighted by atomic mass is 10.1. The molecule has 1 atom stereocenters. The van der Waals surface area contributed by atoms with E-state index >= 15 is 0 Å². The van der Waals surface area contributed by atoms with Gasteiger partial charge in [0.2, 0.25) is 0 Å². The van der Waals surface area contributed by atoms with Gasteiger partial charge in [0.1, 0.15) is 0 Å². The average Bonchev–Trinajstić information content (AvgIpc) is 2.69. The normalized spacial score (nSPS) is 12.7. The van der Waals surface area contributed by atoms with Crippen molar-refractivity contribution in [2.45, 2.75) is 39.2 Å². The summed E-state index contributed by atoms with van der Waals surface area (Å²) >= 11 is 0. The van der Waals surface area contributed by atoms with Crippen LogP contribution < -0.4 is 5.73 Å². The molecule has 1 aromatic heterocycles. The van der Waals surface area contributed by atoms with Gasteiger partial charge in [-0.15, -0.1) is 5.10 Å². The molecule has 1 amide bonds. The smallest absolute Gasteiger partial charge is 0.271 e. The van der Waals surface area contributed by atoms with Crippen molar-refractivity contribution in [3.63, 3.8) is 0 Å². The van der Waals surface area contributed by atoms with E-state index in [1.165, 1.54) is 0 Å². The fourth-order valence-corrected chi connectivity index (χ4v) is 1.70. The van der Waals surface area contributed by atoms with E-state index in [2.05, 4.69) is 10.3 Å². The Morgan fingerprint density at radius 2 is 2.31 bits per heavy atom. The molecular formula is C10H18N4O2. The monoisotopic (exact) mass is 226 g/mol. The number of primary amides is 1. The van der Waals surface area contributed by atoms with E-state index in [1.807, 2.05) is 13.8 Å². The number of aromatic nitrogens is 3. The lowest BCUT2D eigenvalue weighted by Gasteiger charge is -2.13. The third-order valence-corrected chi connectivity index (χ3v) is 2.56. The number of carbonyl (C=O) groups excluding carboxylic acids is 1. The number of hydrogen-bond donors (Lipinski definition) is 2. The molecule has 0 aliphatic heterocycles. The summed E-state index contributed by atoms with van der Waals surface area (Å²) in [4.78, 5) is 11.1. The second-order valence-electron chi connectivity index (χ2n) is 3.76. The van der Waals surface area contributed by atoms with Gasteiger partial charge in [-0.3, -0.25) is 4.79 Å². The molecule has 0 aliphatic carbocycles. The minimum atomic E-state index is -0.544. The van der Waals surface area contributed by atoms with Gasteiger partial charge in [0.05, 0.1) is 11.7 Å². The summed E-state index contributed by atoms with van der Waals surface area (Å²) in [6.45, 7) is 4.07. The number of aliphatic hydroxyl groups excluding tert-OH is 1. The molecule has 0 spiro atoms. The summed E-state index contributed by atoms with van der Waals surface area (Å²) in [5.74, 6) is -0.544. The van der Waals surface area contributed by atoms with Gasteiger partial charge in [-0.05, 0) is 26.2 Å². The van der Waals surface area contributed by atoms with Crippen molar-refractivity contribution in [1.29, 1.82) is 0 Å². The molecule has 90 valence electrons. The van der Waals surface area contributed by atoms with Crippen LogP contribution in [0.4, 0.5) is 0 Å². The Labute approximate surface area is 94.4 Å². The zero-order valence-corrected chi connectivity index (χ0v) is 9.68. The van der Waals surface area contributed by atoms with Crippen molar-refractivity contribution < 1.29 is 9.90 Å². The zero-order valence-electron chi connectivity index (χ0n) is 9.68. The van der Waals surface area contributed by atoms with Crippen LogP contribution in [0.25, 0.3) is 0 Å². The number of hydrogen-bond acceptors (Lipinski definition) is 4. The topological polar surface area (TPSA) is 94.0 Å². The summed E-state index contributed by atoms with van der Waals surface area (Å²) in [5.41, 5.74) is 6.22. The molecule has 1 aromatic rings. The van der Waals surface area contributed by atoms with Crippen LogP contribution in [0.3, 0.4) is 0 Å². The highest BCUT2D eigenvalue weighted by Gasteiger charge is 2.18. The Balaban J connectivity index is 2.91. The number of nitrogens with two attached hydrogens (primary N) is 1. The van der Waals surface area contributed by atoms with Crippen LogP contribution in [-0.2, 0) is 6.42 Å². The van der Waals surface area contributed by atoms with E-state index in [0.29, 0.717) is 12.8 Å². The average molecular weight is 226 g/mol. The van der Waals surface area contributed by atoms with Crippen LogP contribution in [0.2, 0.25) is 0 Å². The SMILES string of the molecule is CCc1c(C(N)=O)nnn1C(C)CCCO. The van der Waals surface area contributed by atoms with Gasteiger partial charge < -0.3 is 10.8 Å². The van der Waals surface area contributed by atoms with Crippen LogP contribution in [0, 0.1) is 0 Å². The van der Waals surface area contributed by atoms with Crippen LogP contribution in [0.1, 0.15) is 48.9 Å². The van der Waals surface area contributed by atoms with Crippen LogP contribution in [0.15, 0.2) is 0 Å². The summed E-state index contributed by atoms with van der Waals surface area (Å²) < 4.78 is 1.72. The van der Waals surface area contributed by atoms with E-state index in [-0.39, 0.29) is 18.3 Å². The highest BCUT2D eigenvalue weighted by atomic mass is 16.2. The molecule has 0 aromatic carbocycles. The first-order chi connectivity index (χ1) is 7.61. The third-order valence-electron chi connectivity index (χ3n) is 2.56. The second kappa shape index (κ2) is 5.60. The van der Waals surface area contributed by atoms with Crippen LogP contribution >= 0.6 is 0 Å². The zero-order chi connectivity index (χ0) is 12.1. The lowest BCUT2D eigenvalue weighted by Crippen LogP contribution is -2.16. The molecule has 0 saturated carbocycles. The van der Waals surface area contributed by atoms with Gasteiger partial charge in [-0.1, -0.05) is 12.1 Å². The van der Waals surface area contributed by atoms with Gasteiger partial charge >= 0.3 is 0 Å². The largest absolute Gasteiger partial charge is 0.396 e. The van der Waals surface area contributed by atoms with Crippen LogP contribution in [-0.4, -0.2) is 32.6 Å². The Hall–Kier alpha value is -1.43. The van der Waals surface area contributed by atoms with E-state index in [4.69, 9.17) is 10.8 Å². The van der Waals surface area contributed by atoms with Gasteiger partial charge in [-0.25, -0.2) is 4.68 Å². The predicted octanol–water partition coefficient (Wildman–Crippen LogP) is 0.273. The van der Waals surface area contributed by atoms with E-state index in [0.717, 1.165) is 12.1 Å². The number of rotatable bonds is 6. The maximum atomic E-state index is 11.1. The molecule has 1 rings (SSSR count). The Morgan fingerprint density at radius 1 is 1.62 bits per heavy atom. The molecule has 0 radical (unpaired) electrons. The Bertz CT molecular complexity index is 362. The van der Waals surface area contributed by atoms with E-state index in [9.17, 15) is 4.79 Å². The quantitative estimate of drug-likeness (QED) is 0.728. The van der Waals surface area contributed by atoms with Crippen molar-refractivity contribution in [3.05, 3.63) is 11.4 Å². The molecule has 1 unspecified atom stereocenters. The Kier molecular flexibility index (Phi) is 4.42. The van der Waals surface area contributed by atoms with Gasteiger partial charge in [-0.2, -0.15) is 0 Å². The number of nitrogens with zero attached hydrogens (tertiary/aromatic N) is 3. The molecule has 6 nitrogen and oxygen atoms in total. The molecule has 0 aliphatic rings. The highest BCUT2D eigenvalue weighted by molar-refractivity contribution is 5.91. The summed E-state index contributed by atoms with van der Waals surface area (Å²) in [6, 6.07) is 0.114. The summed E-state index contributed by atoms with van der Waals surface area (Å²) in [7, 11) is 0. The van der Waals surface area contributed by atoms with E-state index < -0.39 is 5.91 Å². The van der Waals surface area contributed by atoms with Crippen molar-refractivity contribution in [2.75, 3.05) is 6.61 Å². The highest BCUT2D eigenvalue weighted by Crippen LogP contribution is 2.16. The molecule has 0 saturated heterocycles. The molecular weight excluding hydrogens is 208 g/mol. The standard InChI is InChI=1S/C10H18N4O2/c1-3-8-9(10(11)16)12-13-14(8)7(2)5-4-6-15/h7,15H,3-6H2,1-2H3,(H2,11,16). The number of carbonyl (C=O) groups is 1. The summed E-state index contributed by atoms with van der Waals surface area (Å²) in [6.07, 6.45) is 2.16. The lowest BCUT2D eigenvalue weighted by molar-refractivity contribution is 0.0994. The van der Waals surface area contributed by atoms with Gasteiger partial charge in [0.25, 0.3) is 5.91 Å². The maximum absolute atomic E-state index is 11.1. The molecule has 6 heteroatoms. The van der Waals surface area contributed by atoms with E-state index in [1.54, 1.807) is 4.68 Å². The predicted molar refractivity (Wildman–Crippen MR) is 58.9 cm³/mol. The van der Waals surface area contributed by atoms with Crippen molar-refractivity contribution in [3.8, 4) is 0 Å². The molecule has 0 bridgehead atoms. The first-order valence-electron chi connectivity index (χ1n) is 5.46. The number of amides is 1. The minimum Gasteiger partial charge on any atom is -0.396 e. The molecule has 3 N–H and O–H groups in total. The first kappa shape index (κ1) is 12.6.